The lowest BCUT2D eigenvalue weighted by Gasteiger charge is -2.49. The molecule has 0 bridgehead atoms. The van der Waals surface area contributed by atoms with Gasteiger partial charge in [0.15, 0.2) is 11.7 Å². The molecule has 1 aromatic heterocycles. The van der Waals surface area contributed by atoms with E-state index in [-0.39, 0.29) is 11.0 Å². The van der Waals surface area contributed by atoms with E-state index < -0.39 is 0 Å². The van der Waals surface area contributed by atoms with Gasteiger partial charge in [0.1, 0.15) is 0 Å². The molecule has 3 atom stereocenters. The van der Waals surface area contributed by atoms with E-state index in [1.54, 1.807) is 0 Å². The highest BCUT2D eigenvalue weighted by atomic mass is 15.1. The van der Waals surface area contributed by atoms with Gasteiger partial charge in [0.05, 0.1) is 11.0 Å². The zero-order chi connectivity index (χ0) is 21.9. The molecule has 3 unspecified atom stereocenters. The van der Waals surface area contributed by atoms with Crippen LogP contribution in [0.4, 0.5) is 0 Å². The molecule has 1 aromatic carbocycles. The summed E-state index contributed by atoms with van der Waals surface area (Å²) in [6.45, 7) is 15.6. The molecule has 2 heteroatoms. The summed E-state index contributed by atoms with van der Waals surface area (Å²) >= 11 is 0. The van der Waals surface area contributed by atoms with E-state index in [9.17, 15) is 0 Å². The molecule has 0 aliphatic carbocycles. The Morgan fingerprint density at radius 1 is 1.13 bits per heavy atom. The van der Waals surface area contributed by atoms with Crippen LogP contribution in [0.15, 0.2) is 73.1 Å². The minimum atomic E-state index is 0.0217. The van der Waals surface area contributed by atoms with Gasteiger partial charge in [0.2, 0.25) is 5.69 Å². The normalized spacial score (nSPS) is 24.0. The number of benzene rings is 1. The molecule has 0 saturated carbocycles. The molecule has 0 saturated heterocycles. The van der Waals surface area contributed by atoms with Crippen LogP contribution >= 0.6 is 0 Å². The van der Waals surface area contributed by atoms with Crippen molar-refractivity contribution < 1.29 is 4.57 Å². The quantitative estimate of drug-likeness (QED) is 0.355. The Kier molecular flexibility index (Phi) is 6.55. The number of likely N-dealkylation sites (N-methyl/N-ethyl adjacent to an activating group) is 1. The number of nitrogens with zero attached hydrogens (tertiary/aromatic N) is 2. The Labute approximate surface area is 183 Å². The lowest BCUT2D eigenvalue weighted by Crippen LogP contribution is -2.68. The van der Waals surface area contributed by atoms with Crippen LogP contribution in [-0.2, 0) is 11.0 Å². The molecule has 3 rings (SSSR count). The van der Waals surface area contributed by atoms with Gasteiger partial charge in [-0.2, -0.15) is 4.57 Å². The molecule has 0 radical (unpaired) electrons. The zero-order valence-corrected chi connectivity index (χ0v) is 19.8. The van der Waals surface area contributed by atoms with Crippen molar-refractivity contribution >= 4 is 0 Å². The molecule has 1 aliphatic heterocycles. The van der Waals surface area contributed by atoms with Gasteiger partial charge < -0.3 is 4.90 Å². The topological polar surface area (TPSA) is 7.12 Å². The average molecular weight is 404 g/mol. The fraction of sp³-hybridized carbons (Fsp3) is 0.464. The van der Waals surface area contributed by atoms with E-state index in [0.29, 0.717) is 6.04 Å². The van der Waals surface area contributed by atoms with Crippen molar-refractivity contribution in [1.29, 1.82) is 0 Å². The molecule has 30 heavy (non-hydrogen) atoms. The third-order valence-corrected chi connectivity index (χ3v) is 8.04. The van der Waals surface area contributed by atoms with Gasteiger partial charge in [-0.05, 0) is 57.0 Å². The second-order valence-electron chi connectivity index (χ2n) is 9.00. The number of hydrogen-bond donors (Lipinski definition) is 0. The summed E-state index contributed by atoms with van der Waals surface area (Å²) in [5, 5.41) is 0. The number of allylic oxidation sites excluding steroid dienone is 1. The minimum Gasteiger partial charge on any atom is -0.374 e. The first-order valence-electron chi connectivity index (χ1n) is 11.5. The summed E-state index contributed by atoms with van der Waals surface area (Å²) in [6.07, 6.45) is 11.0. The Bertz CT molecular complexity index is 928. The number of fused-ring (bicyclic) bond motifs is 3. The van der Waals surface area contributed by atoms with E-state index in [1.807, 2.05) is 6.20 Å². The van der Waals surface area contributed by atoms with Gasteiger partial charge in [0.25, 0.3) is 0 Å². The first kappa shape index (κ1) is 22.3. The van der Waals surface area contributed by atoms with Crippen LogP contribution in [0.2, 0.25) is 0 Å². The number of hydrogen-bond acceptors (Lipinski definition) is 1. The van der Waals surface area contributed by atoms with E-state index >= 15 is 0 Å². The third-order valence-electron chi connectivity index (χ3n) is 8.04. The second-order valence-corrected chi connectivity index (χ2v) is 9.00. The lowest BCUT2D eigenvalue weighted by atomic mass is 9.57. The molecule has 2 nitrogen and oxygen atoms in total. The smallest absolute Gasteiger partial charge is 0.213 e. The van der Waals surface area contributed by atoms with Crippen molar-refractivity contribution in [1.82, 2.24) is 4.90 Å². The van der Waals surface area contributed by atoms with Gasteiger partial charge >= 0.3 is 0 Å². The summed E-state index contributed by atoms with van der Waals surface area (Å²) in [7, 11) is 2.15. The van der Waals surface area contributed by atoms with Crippen LogP contribution in [-0.4, -0.2) is 18.0 Å². The molecule has 0 N–H and O–H groups in total. The van der Waals surface area contributed by atoms with Gasteiger partial charge in [-0.3, -0.25) is 0 Å². The van der Waals surface area contributed by atoms with Crippen LogP contribution < -0.4 is 4.57 Å². The molecular formula is C28H39N2+. The second kappa shape index (κ2) is 8.79. The van der Waals surface area contributed by atoms with E-state index in [1.165, 1.54) is 22.4 Å². The SMILES string of the molecule is C=CN(C)C(CCC1(CC)c2ccccc2-c2cccc[n+]2C1(C)CC)C(C)=CC. The maximum absolute atomic E-state index is 4.04. The highest BCUT2D eigenvalue weighted by molar-refractivity contribution is 5.65. The van der Waals surface area contributed by atoms with Crippen molar-refractivity contribution in [2.24, 2.45) is 0 Å². The Morgan fingerprint density at radius 3 is 2.47 bits per heavy atom. The molecule has 2 heterocycles. The van der Waals surface area contributed by atoms with Crippen LogP contribution in [0.5, 0.6) is 0 Å². The molecule has 0 amide bonds. The van der Waals surface area contributed by atoms with Crippen LogP contribution in [0.1, 0.15) is 65.9 Å². The highest BCUT2D eigenvalue weighted by Gasteiger charge is 2.58. The van der Waals surface area contributed by atoms with E-state index in [2.05, 4.69) is 112 Å². The summed E-state index contributed by atoms with van der Waals surface area (Å²) in [6, 6.07) is 16.1. The first-order chi connectivity index (χ1) is 14.4. The van der Waals surface area contributed by atoms with Crippen LogP contribution in [0.3, 0.4) is 0 Å². The van der Waals surface area contributed by atoms with E-state index in [4.69, 9.17) is 0 Å². The molecule has 0 spiro atoms. The summed E-state index contributed by atoms with van der Waals surface area (Å²) in [4.78, 5) is 2.28. The maximum atomic E-state index is 4.04. The van der Waals surface area contributed by atoms with Crippen LogP contribution in [0.25, 0.3) is 11.3 Å². The molecule has 1 aliphatic rings. The predicted octanol–water partition coefficient (Wildman–Crippen LogP) is 6.62. The fourth-order valence-corrected chi connectivity index (χ4v) is 5.85. The third kappa shape index (κ3) is 3.31. The number of aromatic nitrogens is 1. The molecule has 160 valence electrons. The average Bonchev–Trinajstić information content (AvgIpc) is 2.80. The zero-order valence-electron chi connectivity index (χ0n) is 19.8. The van der Waals surface area contributed by atoms with Crippen molar-refractivity contribution in [3.05, 3.63) is 78.7 Å². The summed E-state index contributed by atoms with van der Waals surface area (Å²) < 4.78 is 2.56. The maximum Gasteiger partial charge on any atom is 0.213 e. The molecule has 2 aromatic rings. The fourth-order valence-electron chi connectivity index (χ4n) is 5.85. The van der Waals surface area contributed by atoms with Crippen molar-refractivity contribution in [2.75, 3.05) is 7.05 Å². The monoisotopic (exact) mass is 403 g/mol. The van der Waals surface area contributed by atoms with Gasteiger partial charge in [-0.15, -0.1) is 0 Å². The minimum absolute atomic E-state index is 0.0217. The first-order valence-corrected chi connectivity index (χ1v) is 11.5. The lowest BCUT2D eigenvalue weighted by molar-refractivity contribution is -0.766. The van der Waals surface area contributed by atoms with Gasteiger partial charge in [0, 0.05) is 38.6 Å². The van der Waals surface area contributed by atoms with Crippen LogP contribution in [0, 0.1) is 0 Å². The standard InChI is InChI=1S/C28H39N2/c1-8-22(5)25(29(7)11-4)19-20-28(10-3)24-17-13-12-16-23(24)26-18-14-15-21-30(26)27(28,6)9-2/h8,11-18,21,25H,4,9-10,19-20H2,1-3,5-7H3/q+1. The highest BCUT2D eigenvalue weighted by Crippen LogP contribution is 2.52. The van der Waals surface area contributed by atoms with Crippen molar-refractivity contribution in [2.45, 2.75) is 77.3 Å². The Hall–Kier alpha value is -2.35. The summed E-state index contributed by atoms with van der Waals surface area (Å²) in [5.41, 5.74) is 5.76. The predicted molar refractivity (Wildman–Crippen MR) is 128 cm³/mol. The molecule has 0 fully saturated rings. The Balaban J connectivity index is 2.17. The van der Waals surface area contributed by atoms with Gasteiger partial charge in [-0.25, -0.2) is 0 Å². The van der Waals surface area contributed by atoms with Crippen molar-refractivity contribution in [3.8, 4) is 11.3 Å². The number of pyridine rings is 1. The molecular weight excluding hydrogens is 364 g/mol. The Morgan fingerprint density at radius 2 is 1.83 bits per heavy atom. The largest absolute Gasteiger partial charge is 0.374 e. The summed E-state index contributed by atoms with van der Waals surface area (Å²) in [5.74, 6) is 0. The van der Waals surface area contributed by atoms with Gasteiger partial charge in [-0.1, -0.05) is 50.3 Å². The van der Waals surface area contributed by atoms with E-state index in [0.717, 1.165) is 25.7 Å². The number of rotatable bonds is 8. The van der Waals surface area contributed by atoms with Crippen molar-refractivity contribution in [3.63, 3.8) is 0 Å².